The standard InChI is InChI=1S/C16H26N2O2/c1-3-18(14-5-4-10-17-13-14)11-12-20-16-8-6-15(19-2)7-9-16/h6-9,14,17H,3-5,10-13H2,1-2H3. The first-order valence-corrected chi connectivity index (χ1v) is 7.55. The summed E-state index contributed by atoms with van der Waals surface area (Å²) in [6, 6.07) is 8.43. The van der Waals surface area contributed by atoms with Crippen molar-refractivity contribution < 1.29 is 9.47 Å². The Morgan fingerprint density at radius 1 is 1.25 bits per heavy atom. The molecule has 1 aromatic rings. The van der Waals surface area contributed by atoms with Crippen LogP contribution in [0, 0.1) is 0 Å². The van der Waals surface area contributed by atoms with E-state index in [9.17, 15) is 0 Å². The van der Waals surface area contributed by atoms with E-state index in [-0.39, 0.29) is 0 Å². The molecule has 4 nitrogen and oxygen atoms in total. The van der Waals surface area contributed by atoms with Crippen molar-refractivity contribution >= 4 is 0 Å². The van der Waals surface area contributed by atoms with Gasteiger partial charge in [0.15, 0.2) is 0 Å². The lowest BCUT2D eigenvalue weighted by Gasteiger charge is -2.33. The molecule has 1 N–H and O–H groups in total. The summed E-state index contributed by atoms with van der Waals surface area (Å²) in [6.45, 7) is 7.29. The second-order valence-electron chi connectivity index (χ2n) is 5.15. The molecule has 0 saturated carbocycles. The second-order valence-corrected chi connectivity index (χ2v) is 5.15. The maximum Gasteiger partial charge on any atom is 0.119 e. The van der Waals surface area contributed by atoms with Gasteiger partial charge in [0.1, 0.15) is 18.1 Å². The largest absolute Gasteiger partial charge is 0.497 e. The van der Waals surface area contributed by atoms with Crippen molar-refractivity contribution in [2.75, 3.05) is 39.9 Å². The predicted octanol–water partition coefficient (Wildman–Crippen LogP) is 2.15. The molecule has 1 saturated heterocycles. The van der Waals surface area contributed by atoms with Gasteiger partial charge < -0.3 is 14.8 Å². The molecule has 1 heterocycles. The first kappa shape index (κ1) is 15.1. The minimum Gasteiger partial charge on any atom is -0.497 e. The van der Waals surface area contributed by atoms with E-state index in [1.165, 1.54) is 12.8 Å². The third-order valence-electron chi connectivity index (χ3n) is 3.90. The summed E-state index contributed by atoms with van der Waals surface area (Å²) in [4.78, 5) is 2.51. The molecular weight excluding hydrogens is 252 g/mol. The van der Waals surface area contributed by atoms with E-state index in [4.69, 9.17) is 9.47 Å². The summed E-state index contributed by atoms with van der Waals surface area (Å²) in [5.74, 6) is 1.77. The van der Waals surface area contributed by atoms with Crippen LogP contribution in [0.5, 0.6) is 11.5 Å². The zero-order valence-electron chi connectivity index (χ0n) is 12.6. The maximum atomic E-state index is 5.81. The summed E-state index contributed by atoms with van der Waals surface area (Å²) >= 11 is 0. The highest BCUT2D eigenvalue weighted by Crippen LogP contribution is 2.17. The molecule has 1 fully saturated rings. The molecule has 0 amide bonds. The van der Waals surface area contributed by atoms with Crippen LogP contribution >= 0.6 is 0 Å². The number of methoxy groups -OCH3 is 1. The molecule has 0 aromatic heterocycles. The minimum absolute atomic E-state index is 0.660. The summed E-state index contributed by atoms with van der Waals surface area (Å²) in [6.07, 6.45) is 2.57. The molecule has 0 bridgehead atoms. The molecule has 1 aromatic carbocycles. The Kier molecular flexibility index (Phi) is 6.15. The molecule has 0 radical (unpaired) electrons. The van der Waals surface area contributed by atoms with E-state index >= 15 is 0 Å². The lowest BCUT2D eigenvalue weighted by atomic mass is 10.1. The van der Waals surface area contributed by atoms with Crippen LogP contribution in [0.2, 0.25) is 0 Å². The highest BCUT2D eigenvalue weighted by molar-refractivity contribution is 5.31. The van der Waals surface area contributed by atoms with E-state index in [1.807, 2.05) is 24.3 Å². The molecule has 112 valence electrons. The van der Waals surface area contributed by atoms with Crippen LogP contribution in [-0.4, -0.2) is 50.8 Å². The van der Waals surface area contributed by atoms with Crippen LogP contribution in [-0.2, 0) is 0 Å². The van der Waals surface area contributed by atoms with Crippen LogP contribution in [0.1, 0.15) is 19.8 Å². The minimum atomic E-state index is 0.660. The Bertz CT molecular complexity index is 375. The summed E-state index contributed by atoms with van der Waals surface area (Å²) in [7, 11) is 1.67. The average molecular weight is 278 g/mol. The highest BCUT2D eigenvalue weighted by atomic mass is 16.5. The number of hydrogen-bond donors (Lipinski definition) is 1. The van der Waals surface area contributed by atoms with Crippen molar-refractivity contribution in [2.45, 2.75) is 25.8 Å². The Morgan fingerprint density at radius 2 is 2.00 bits per heavy atom. The van der Waals surface area contributed by atoms with Gasteiger partial charge in [0, 0.05) is 19.1 Å². The van der Waals surface area contributed by atoms with Crippen molar-refractivity contribution in [3.63, 3.8) is 0 Å². The number of likely N-dealkylation sites (N-methyl/N-ethyl adjacent to an activating group) is 1. The van der Waals surface area contributed by atoms with Gasteiger partial charge in [-0.2, -0.15) is 0 Å². The van der Waals surface area contributed by atoms with Crippen LogP contribution < -0.4 is 14.8 Å². The number of ether oxygens (including phenoxy) is 2. The van der Waals surface area contributed by atoms with Gasteiger partial charge in [0.25, 0.3) is 0 Å². The monoisotopic (exact) mass is 278 g/mol. The summed E-state index contributed by atoms with van der Waals surface area (Å²) in [5.41, 5.74) is 0. The number of piperidine rings is 1. The molecule has 20 heavy (non-hydrogen) atoms. The van der Waals surface area contributed by atoms with Gasteiger partial charge in [0.2, 0.25) is 0 Å². The number of nitrogens with one attached hydrogen (secondary N) is 1. The number of hydrogen-bond acceptors (Lipinski definition) is 4. The van der Waals surface area contributed by atoms with Gasteiger partial charge in [0.05, 0.1) is 7.11 Å². The lowest BCUT2D eigenvalue weighted by Crippen LogP contribution is -2.47. The smallest absolute Gasteiger partial charge is 0.119 e. The summed E-state index contributed by atoms with van der Waals surface area (Å²) in [5, 5.41) is 3.47. The fraction of sp³-hybridized carbons (Fsp3) is 0.625. The van der Waals surface area contributed by atoms with Crippen LogP contribution in [0.3, 0.4) is 0 Å². The quantitative estimate of drug-likeness (QED) is 0.828. The van der Waals surface area contributed by atoms with Crippen LogP contribution in [0.15, 0.2) is 24.3 Å². The van der Waals surface area contributed by atoms with Crippen molar-refractivity contribution in [3.05, 3.63) is 24.3 Å². The van der Waals surface area contributed by atoms with E-state index in [2.05, 4.69) is 17.1 Å². The van der Waals surface area contributed by atoms with Gasteiger partial charge in [-0.15, -0.1) is 0 Å². The van der Waals surface area contributed by atoms with Crippen molar-refractivity contribution in [3.8, 4) is 11.5 Å². The third kappa shape index (κ3) is 4.39. The van der Waals surface area contributed by atoms with E-state index in [0.29, 0.717) is 6.04 Å². The predicted molar refractivity (Wildman–Crippen MR) is 81.6 cm³/mol. The molecule has 1 aliphatic rings. The molecule has 1 atom stereocenters. The zero-order chi connectivity index (χ0) is 14.2. The molecule has 4 heteroatoms. The van der Waals surface area contributed by atoms with Gasteiger partial charge in [-0.05, 0) is 50.2 Å². The van der Waals surface area contributed by atoms with E-state index < -0.39 is 0 Å². The molecule has 1 aliphatic heterocycles. The SMILES string of the molecule is CCN(CCOc1ccc(OC)cc1)C1CCCNC1. The summed E-state index contributed by atoms with van der Waals surface area (Å²) < 4.78 is 10.9. The fourth-order valence-corrected chi connectivity index (χ4v) is 2.70. The normalized spacial score (nSPS) is 19.1. The molecule has 0 spiro atoms. The Balaban J connectivity index is 1.74. The van der Waals surface area contributed by atoms with Crippen LogP contribution in [0.4, 0.5) is 0 Å². The van der Waals surface area contributed by atoms with Crippen molar-refractivity contribution in [1.29, 1.82) is 0 Å². The van der Waals surface area contributed by atoms with Crippen LogP contribution in [0.25, 0.3) is 0 Å². The van der Waals surface area contributed by atoms with Gasteiger partial charge >= 0.3 is 0 Å². The fourth-order valence-electron chi connectivity index (χ4n) is 2.70. The molecule has 1 unspecified atom stereocenters. The maximum absolute atomic E-state index is 5.81. The van der Waals surface area contributed by atoms with Gasteiger partial charge in [-0.3, -0.25) is 4.90 Å². The Morgan fingerprint density at radius 3 is 2.60 bits per heavy atom. The van der Waals surface area contributed by atoms with Gasteiger partial charge in [-0.1, -0.05) is 6.92 Å². The first-order valence-electron chi connectivity index (χ1n) is 7.55. The topological polar surface area (TPSA) is 33.7 Å². The average Bonchev–Trinajstić information content (AvgIpc) is 2.53. The molecule has 2 rings (SSSR count). The zero-order valence-corrected chi connectivity index (χ0v) is 12.6. The number of nitrogens with zero attached hydrogens (tertiary/aromatic N) is 1. The Labute approximate surface area is 122 Å². The van der Waals surface area contributed by atoms with E-state index in [0.717, 1.165) is 44.3 Å². The number of benzene rings is 1. The number of rotatable bonds is 7. The van der Waals surface area contributed by atoms with Crippen molar-refractivity contribution in [2.24, 2.45) is 0 Å². The van der Waals surface area contributed by atoms with E-state index in [1.54, 1.807) is 7.11 Å². The third-order valence-corrected chi connectivity index (χ3v) is 3.90. The van der Waals surface area contributed by atoms with Gasteiger partial charge in [-0.25, -0.2) is 0 Å². The molecule has 0 aliphatic carbocycles. The lowest BCUT2D eigenvalue weighted by molar-refractivity contribution is 0.144. The molecular formula is C16H26N2O2. The highest BCUT2D eigenvalue weighted by Gasteiger charge is 2.19. The van der Waals surface area contributed by atoms with Crippen molar-refractivity contribution in [1.82, 2.24) is 10.2 Å². The Hall–Kier alpha value is -1.26. The second kappa shape index (κ2) is 8.12. The first-order chi connectivity index (χ1) is 9.83.